The van der Waals surface area contributed by atoms with Gasteiger partial charge in [0.1, 0.15) is 0 Å². The van der Waals surface area contributed by atoms with Crippen molar-refractivity contribution in [3.05, 3.63) is 0 Å². The first-order valence-electron chi connectivity index (χ1n) is 5.92. The monoisotopic (exact) mass is 199 g/mol. The SMILES string of the molecule is CCC(CC)(CC)NCC1(C)COC1. The van der Waals surface area contributed by atoms with Gasteiger partial charge in [0.2, 0.25) is 0 Å². The van der Waals surface area contributed by atoms with E-state index in [0.717, 1.165) is 19.8 Å². The van der Waals surface area contributed by atoms with E-state index in [0.29, 0.717) is 11.0 Å². The average molecular weight is 199 g/mol. The highest BCUT2D eigenvalue weighted by Crippen LogP contribution is 2.28. The maximum Gasteiger partial charge on any atom is 0.0554 e. The third-order valence-corrected chi connectivity index (χ3v) is 3.82. The summed E-state index contributed by atoms with van der Waals surface area (Å²) in [6.45, 7) is 12.1. The van der Waals surface area contributed by atoms with Crippen molar-refractivity contribution in [3.63, 3.8) is 0 Å². The maximum atomic E-state index is 5.26. The van der Waals surface area contributed by atoms with E-state index in [2.05, 4.69) is 33.0 Å². The molecule has 0 radical (unpaired) electrons. The van der Waals surface area contributed by atoms with Crippen molar-refractivity contribution in [2.75, 3.05) is 19.8 Å². The van der Waals surface area contributed by atoms with Gasteiger partial charge in [-0.2, -0.15) is 0 Å². The first kappa shape index (κ1) is 12.0. The Hall–Kier alpha value is -0.0800. The molecule has 0 atom stereocenters. The van der Waals surface area contributed by atoms with E-state index >= 15 is 0 Å². The van der Waals surface area contributed by atoms with Gasteiger partial charge in [0.05, 0.1) is 13.2 Å². The lowest BCUT2D eigenvalue weighted by Gasteiger charge is -2.42. The van der Waals surface area contributed by atoms with E-state index in [1.54, 1.807) is 0 Å². The lowest BCUT2D eigenvalue weighted by Crippen LogP contribution is -2.54. The van der Waals surface area contributed by atoms with Crippen molar-refractivity contribution in [1.29, 1.82) is 0 Å². The number of ether oxygens (including phenoxy) is 1. The molecule has 1 aliphatic heterocycles. The van der Waals surface area contributed by atoms with E-state index in [4.69, 9.17) is 4.74 Å². The van der Waals surface area contributed by atoms with Crippen molar-refractivity contribution >= 4 is 0 Å². The van der Waals surface area contributed by atoms with Crippen molar-refractivity contribution in [3.8, 4) is 0 Å². The van der Waals surface area contributed by atoms with Crippen molar-refractivity contribution in [1.82, 2.24) is 5.32 Å². The Balaban J connectivity index is 2.39. The summed E-state index contributed by atoms with van der Waals surface area (Å²) in [6.07, 6.45) is 3.66. The molecule has 14 heavy (non-hydrogen) atoms. The molecule has 0 aromatic carbocycles. The second-order valence-electron chi connectivity index (χ2n) is 5.00. The van der Waals surface area contributed by atoms with Crippen LogP contribution in [0.5, 0.6) is 0 Å². The molecule has 2 nitrogen and oxygen atoms in total. The van der Waals surface area contributed by atoms with Crippen LogP contribution >= 0.6 is 0 Å². The number of rotatable bonds is 6. The zero-order valence-electron chi connectivity index (χ0n) is 10.2. The second-order valence-corrected chi connectivity index (χ2v) is 5.00. The summed E-state index contributed by atoms with van der Waals surface area (Å²) >= 11 is 0. The lowest BCUT2D eigenvalue weighted by molar-refractivity contribution is -0.102. The summed E-state index contributed by atoms with van der Waals surface area (Å²) in [4.78, 5) is 0. The van der Waals surface area contributed by atoms with Crippen LogP contribution in [0.25, 0.3) is 0 Å². The summed E-state index contributed by atoms with van der Waals surface area (Å²) in [5, 5.41) is 3.74. The zero-order chi connectivity index (χ0) is 10.7. The number of hydrogen-bond donors (Lipinski definition) is 1. The molecule has 0 unspecified atom stereocenters. The standard InChI is InChI=1S/C12H25NO/c1-5-12(6-2,7-3)13-8-11(4)9-14-10-11/h13H,5-10H2,1-4H3. The first-order valence-corrected chi connectivity index (χ1v) is 5.92. The Morgan fingerprint density at radius 3 is 1.93 bits per heavy atom. The molecule has 0 spiro atoms. The molecule has 1 aliphatic rings. The van der Waals surface area contributed by atoms with Crippen LogP contribution in [0.1, 0.15) is 47.0 Å². The molecule has 0 aliphatic carbocycles. The van der Waals surface area contributed by atoms with Gasteiger partial charge < -0.3 is 10.1 Å². The zero-order valence-corrected chi connectivity index (χ0v) is 10.2. The fraction of sp³-hybridized carbons (Fsp3) is 1.00. The molecule has 0 bridgehead atoms. The normalized spacial score (nSPS) is 20.6. The predicted molar refractivity (Wildman–Crippen MR) is 60.5 cm³/mol. The van der Waals surface area contributed by atoms with Crippen molar-refractivity contribution in [2.24, 2.45) is 5.41 Å². The van der Waals surface area contributed by atoms with Crippen LogP contribution in [0.3, 0.4) is 0 Å². The van der Waals surface area contributed by atoms with Gasteiger partial charge in [-0.05, 0) is 19.3 Å². The van der Waals surface area contributed by atoms with Crippen LogP contribution in [0, 0.1) is 5.41 Å². The van der Waals surface area contributed by atoms with Crippen molar-refractivity contribution in [2.45, 2.75) is 52.5 Å². The maximum absolute atomic E-state index is 5.26. The van der Waals surface area contributed by atoms with E-state index in [1.807, 2.05) is 0 Å². The van der Waals surface area contributed by atoms with E-state index in [1.165, 1.54) is 19.3 Å². The predicted octanol–water partition coefficient (Wildman–Crippen LogP) is 2.58. The molecule has 1 fully saturated rings. The molecule has 0 saturated carbocycles. The molecule has 1 heterocycles. The summed E-state index contributed by atoms with van der Waals surface area (Å²) in [7, 11) is 0. The minimum atomic E-state index is 0.360. The average Bonchev–Trinajstić information content (AvgIpc) is 2.18. The topological polar surface area (TPSA) is 21.3 Å². The van der Waals surface area contributed by atoms with Gasteiger partial charge in [0.25, 0.3) is 0 Å². The molecule has 1 rings (SSSR count). The largest absolute Gasteiger partial charge is 0.380 e. The van der Waals surface area contributed by atoms with Crippen LogP contribution in [0.4, 0.5) is 0 Å². The Kier molecular flexibility index (Phi) is 3.96. The summed E-state index contributed by atoms with van der Waals surface area (Å²) in [6, 6.07) is 0. The van der Waals surface area contributed by atoms with Gasteiger partial charge in [0.15, 0.2) is 0 Å². The van der Waals surface area contributed by atoms with Gasteiger partial charge in [-0.3, -0.25) is 0 Å². The molecule has 0 amide bonds. The molecule has 1 saturated heterocycles. The molecule has 1 N–H and O–H groups in total. The summed E-state index contributed by atoms with van der Waals surface area (Å²) in [5.41, 5.74) is 0.753. The molecule has 84 valence electrons. The van der Waals surface area contributed by atoms with E-state index in [9.17, 15) is 0 Å². The first-order chi connectivity index (χ1) is 6.60. The quantitative estimate of drug-likeness (QED) is 0.710. The molecule has 0 aromatic rings. The van der Waals surface area contributed by atoms with E-state index < -0.39 is 0 Å². The Morgan fingerprint density at radius 1 is 1.14 bits per heavy atom. The summed E-state index contributed by atoms with van der Waals surface area (Å²) in [5.74, 6) is 0. The number of nitrogens with one attached hydrogen (secondary N) is 1. The van der Waals surface area contributed by atoms with Gasteiger partial charge in [-0.1, -0.05) is 27.7 Å². The van der Waals surface area contributed by atoms with Crippen molar-refractivity contribution < 1.29 is 4.74 Å². The van der Waals surface area contributed by atoms with Crippen LogP contribution in [-0.4, -0.2) is 25.3 Å². The molecule has 0 aromatic heterocycles. The molecule has 2 heteroatoms. The Labute approximate surface area is 88.4 Å². The minimum absolute atomic E-state index is 0.360. The second kappa shape index (κ2) is 4.63. The highest BCUT2D eigenvalue weighted by atomic mass is 16.5. The summed E-state index contributed by atoms with van der Waals surface area (Å²) < 4.78 is 5.26. The lowest BCUT2D eigenvalue weighted by atomic mass is 9.84. The highest BCUT2D eigenvalue weighted by molar-refractivity contribution is 4.90. The smallest absolute Gasteiger partial charge is 0.0554 e. The van der Waals surface area contributed by atoms with Crippen LogP contribution in [0.15, 0.2) is 0 Å². The fourth-order valence-electron chi connectivity index (χ4n) is 2.08. The van der Waals surface area contributed by atoms with Crippen LogP contribution in [0.2, 0.25) is 0 Å². The number of hydrogen-bond acceptors (Lipinski definition) is 2. The Bertz CT molecular complexity index is 163. The minimum Gasteiger partial charge on any atom is -0.380 e. The van der Waals surface area contributed by atoms with Gasteiger partial charge in [-0.15, -0.1) is 0 Å². The highest BCUT2D eigenvalue weighted by Gasteiger charge is 2.35. The van der Waals surface area contributed by atoms with Gasteiger partial charge >= 0.3 is 0 Å². The van der Waals surface area contributed by atoms with Gasteiger partial charge in [0, 0.05) is 17.5 Å². The van der Waals surface area contributed by atoms with Crippen LogP contribution < -0.4 is 5.32 Å². The third kappa shape index (κ3) is 2.48. The molecular formula is C12H25NO. The fourth-order valence-corrected chi connectivity index (χ4v) is 2.08. The molecular weight excluding hydrogens is 174 g/mol. The third-order valence-electron chi connectivity index (χ3n) is 3.82. The van der Waals surface area contributed by atoms with Crippen LogP contribution in [-0.2, 0) is 4.74 Å². The Morgan fingerprint density at radius 2 is 1.64 bits per heavy atom. The van der Waals surface area contributed by atoms with Gasteiger partial charge in [-0.25, -0.2) is 0 Å². The van der Waals surface area contributed by atoms with E-state index in [-0.39, 0.29) is 0 Å².